The van der Waals surface area contributed by atoms with Gasteiger partial charge in [0.25, 0.3) is 5.91 Å². The second-order valence-electron chi connectivity index (χ2n) is 11.7. The summed E-state index contributed by atoms with van der Waals surface area (Å²) in [7, 11) is 0. The molecule has 3 aromatic rings. The highest BCUT2D eigenvalue weighted by molar-refractivity contribution is 6.14. The number of carbonyl (C=O) groups excluding carboxylic acids is 1. The van der Waals surface area contributed by atoms with Crippen molar-refractivity contribution in [3.8, 4) is 5.75 Å². The molecule has 3 unspecified atom stereocenters. The van der Waals surface area contributed by atoms with Gasteiger partial charge in [-0.25, -0.2) is 0 Å². The smallest absolute Gasteiger partial charge is 0.251 e. The van der Waals surface area contributed by atoms with Gasteiger partial charge in [-0.15, -0.1) is 0 Å². The van der Waals surface area contributed by atoms with E-state index >= 15 is 0 Å². The summed E-state index contributed by atoms with van der Waals surface area (Å²) in [6.07, 6.45) is 6.90. The first-order valence-corrected chi connectivity index (χ1v) is 15.7. The first-order valence-electron chi connectivity index (χ1n) is 15.7. The fourth-order valence-electron chi connectivity index (χ4n) is 6.15. The lowest BCUT2D eigenvalue weighted by atomic mass is 9.91. The van der Waals surface area contributed by atoms with Gasteiger partial charge in [0.2, 0.25) is 0 Å². The topological polar surface area (TPSA) is 114 Å². The van der Waals surface area contributed by atoms with Crippen molar-refractivity contribution in [3.05, 3.63) is 89.2 Å². The molecule has 2 aromatic carbocycles. The molecule has 0 bridgehead atoms. The van der Waals surface area contributed by atoms with Crippen LogP contribution in [0.3, 0.4) is 0 Å². The summed E-state index contributed by atoms with van der Waals surface area (Å²) >= 11 is 0. The van der Waals surface area contributed by atoms with E-state index < -0.39 is 0 Å². The number of pyridine rings is 1. The lowest BCUT2D eigenvalue weighted by molar-refractivity contribution is -0.114. The molecule has 2 saturated heterocycles. The van der Waals surface area contributed by atoms with Gasteiger partial charge in [0, 0.05) is 41.2 Å². The highest BCUT2D eigenvalue weighted by Crippen LogP contribution is 2.30. The quantitative estimate of drug-likeness (QED) is 0.158. The highest BCUT2D eigenvalue weighted by atomic mass is 16.5. The number of aromatic nitrogens is 1. The molecular formula is C35H45N5O3. The average Bonchev–Trinajstić information content (AvgIpc) is 3.00. The van der Waals surface area contributed by atoms with E-state index in [0.717, 1.165) is 56.9 Å². The van der Waals surface area contributed by atoms with Gasteiger partial charge in [0.05, 0.1) is 42.8 Å². The Balaban J connectivity index is 1.25. The first-order chi connectivity index (χ1) is 20.9. The number of nitrogen functional groups attached to an aromatic ring is 1. The van der Waals surface area contributed by atoms with E-state index in [1.165, 1.54) is 6.42 Å². The molecule has 3 heterocycles. The standard InChI is InChI=1S/C35H45N5O3/c1-4-23(5-2)34(32-9-7-8-17-38-32)39-35(41)25-12-15-31(36)30(19-25)33(37)24-10-13-29(14-11-24)43-28(6-3)20-26-16-18-40(26)27-21-42-22-27/h7-15,17,19,23,26-28,34,37H,4-6,16,18,20-22,36H2,1-3H3,(H,39,41). The van der Waals surface area contributed by atoms with Crippen molar-refractivity contribution in [2.45, 2.75) is 77.1 Å². The van der Waals surface area contributed by atoms with Crippen molar-refractivity contribution in [1.82, 2.24) is 15.2 Å². The van der Waals surface area contributed by atoms with Crippen LogP contribution in [-0.4, -0.2) is 59.4 Å². The summed E-state index contributed by atoms with van der Waals surface area (Å²) in [5.74, 6) is 0.841. The minimum absolute atomic E-state index is 0.139. The van der Waals surface area contributed by atoms with Crippen LogP contribution in [0, 0.1) is 11.3 Å². The molecule has 8 heteroatoms. The summed E-state index contributed by atoms with van der Waals surface area (Å²) < 4.78 is 11.7. The monoisotopic (exact) mass is 583 g/mol. The molecule has 0 spiro atoms. The van der Waals surface area contributed by atoms with Gasteiger partial charge in [0.1, 0.15) is 5.75 Å². The Labute approximate surface area is 255 Å². The van der Waals surface area contributed by atoms with E-state index in [0.29, 0.717) is 34.5 Å². The predicted octanol–water partition coefficient (Wildman–Crippen LogP) is 6.01. The zero-order valence-electron chi connectivity index (χ0n) is 25.6. The van der Waals surface area contributed by atoms with Crippen LogP contribution in [0.15, 0.2) is 66.9 Å². The zero-order valence-corrected chi connectivity index (χ0v) is 25.6. The van der Waals surface area contributed by atoms with Gasteiger partial charge in [0.15, 0.2) is 0 Å². The second kappa shape index (κ2) is 14.1. The molecule has 2 aliphatic heterocycles. The molecule has 5 rings (SSSR count). The minimum atomic E-state index is -0.208. The number of nitrogens with zero attached hydrogens (tertiary/aromatic N) is 2. The van der Waals surface area contributed by atoms with Crippen LogP contribution in [0.25, 0.3) is 0 Å². The molecule has 4 N–H and O–H groups in total. The maximum Gasteiger partial charge on any atom is 0.251 e. The van der Waals surface area contributed by atoms with E-state index in [1.807, 2.05) is 42.5 Å². The Morgan fingerprint density at radius 2 is 1.81 bits per heavy atom. The number of ether oxygens (including phenoxy) is 2. The minimum Gasteiger partial charge on any atom is -0.490 e. The molecule has 2 fully saturated rings. The van der Waals surface area contributed by atoms with Gasteiger partial charge in [-0.2, -0.15) is 0 Å². The fourth-order valence-corrected chi connectivity index (χ4v) is 6.15. The first kappa shape index (κ1) is 30.7. The highest BCUT2D eigenvalue weighted by Gasteiger charge is 2.38. The maximum absolute atomic E-state index is 13.5. The van der Waals surface area contributed by atoms with Gasteiger partial charge in [-0.1, -0.05) is 39.7 Å². The van der Waals surface area contributed by atoms with E-state index in [-0.39, 0.29) is 29.7 Å². The van der Waals surface area contributed by atoms with Gasteiger partial charge in [-0.05, 0) is 79.8 Å². The molecule has 228 valence electrons. The fraction of sp³-hybridized carbons (Fsp3) is 0.457. The largest absolute Gasteiger partial charge is 0.490 e. The summed E-state index contributed by atoms with van der Waals surface area (Å²) in [6, 6.07) is 19.5. The summed E-state index contributed by atoms with van der Waals surface area (Å²) in [6.45, 7) is 9.28. The van der Waals surface area contributed by atoms with Crippen molar-refractivity contribution < 1.29 is 14.3 Å². The molecular weight excluding hydrogens is 538 g/mol. The van der Waals surface area contributed by atoms with Crippen molar-refractivity contribution in [2.75, 3.05) is 25.5 Å². The third-order valence-corrected chi connectivity index (χ3v) is 9.11. The summed E-state index contributed by atoms with van der Waals surface area (Å²) in [4.78, 5) is 20.6. The van der Waals surface area contributed by atoms with Crippen molar-refractivity contribution >= 4 is 17.3 Å². The van der Waals surface area contributed by atoms with Gasteiger partial charge < -0.3 is 20.5 Å². The summed E-state index contributed by atoms with van der Waals surface area (Å²) in [5, 5.41) is 12.1. The molecule has 1 amide bonds. The third kappa shape index (κ3) is 7.08. The predicted molar refractivity (Wildman–Crippen MR) is 171 cm³/mol. The van der Waals surface area contributed by atoms with Crippen molar-refractivity contribution in [1.29, 1.82) is 5.41 Å². The van der Waals surface area contributed by atoms with Gasteiger partial charge >= 0.3 is 0 Å². The number of rotatable bonds is 14. The molecule has 8 nitrogen and oxygen atoms in total. The number of likely N-dealkylation sites (tertiary alicyclic amines) is 1. The lowest BCUT2D eigenvalue weighted by Gasteiger charge is -2.49. The van der Waals surface area contributed by atoms with Crippen molar-refractivity contribution in [3.63, 3.8) is 0 Å². The van der Waals surface area contributed by atoms with Crippen LogP contribution in [-0.2, 0) is 4.74 Å². The number of nitrogens with one attached hydrogen (secondary N) is 2. The van der Waals surface area contributed by atoms with Crippen LogP contribution >= 0.6 is 0 Å². The second-order valence-corrected chi connectivity index (χ2v) is 11.7. The summed E-state index contributed by atoms with van der Waals surface area (Å²) in [5.41, 5.74) is 9.58. The number of anilines is 1. The zero-order chi connectivity index (χ0) is 30.3. The van der Waals surface area contributed by atoms with Crippen LogP contribution in [0.2, 0.25) is 0 Å². The number of hydrogen-bond acceptors (Lipinski definition) is 7. The van der Waals surface area contributed by atoms with Crippen LogP contribution in [0.4, 0.5) is 5.69 Å². The SMILES string of the molecule is CCC(CC1CCN1C1COC1)Oc1ccc(C(=N)c2cc(C(=O)NC(c3ccccn3)C(CC)CC)ccc2N)cc1. The van der Waals surface area contributed by atoms with Gasteiger partial charge in [-0.3, -0.25) is 20.1 Å². The van der Waals surface area contributed by atoms with Crippen molar-refractivity contribution in [2.24, 2.45) is 5.92 Å². The molecule has 0 aliphatic carbocycles. The van der Waals surface area contributed by atoms with E-state index in [1.54, 1.807) is 24.4 Å². The van der Waals surface area contributed by atoms with Crippen LogP contribution in [0.1, 0.15) is 86.1 Å². The Kier molecular flexibility index (Phi) is 10.1. The number of benzene rings is 2. The molecule has 43 heavy (non-hydrogen) atoms. The normalized spacial score (nSPS) is 18.4. The molecule has 0 saturated carbocycles. The Bertz CT molecular complexity index is 1370. The van der Waals surface area contributed by atoms with Crippen LogP contribution < -0.4 is 15.8 Å². The Morgan fingerprint density at radius 1 is 1.07 bits per heavy atom. The number of hydrogen-bond donors (Lipinski definition) is 3. The van der Waals surface area contributed by atoms with E-state index in [2.05, 4.69) is 36.0 Å². The molecule has 1 aromatic heterocycles. The van der Waals surface area contributed by atoms with Crippen LogP contribution in [0.5, 0.6) is 5.75 Å². The molecule has 0 radical (unpaired) electrons. The number of carbonyl (C=O) groups is 1. The number of nitrogens with two attached hydrogens (primary N) is 1. The maximum atomic E-state index is 13.5. The molecule has 3 atom stereocenters. The Hall–Kier alpha value is -3.75. The average molecular weight is 584 g/mol. The van der Waals surface area contributed by atoms with E-state index in [4.69, 9.17) is 20.6 Å². The lowest BCUT2D eigenvalue weighted by Crippen LogP contribution is -2.60. The Morgan fingerprint density at radius 3 is 2.40 bits per heavy atom. The third-order valence-electron chi connectivity index (χ3n) is 9.11. The number of amides is 1. The van der Waals surface area contributed by atoms with E-state index in [9.17, 15) is 4.79 Å². The molecule has 2 aliphatic rings.